The number of amides is 1. The second-order valence-electron chi connectivity index (χ2n) is 6.58. The SMILES string of the molecule is CC(C)(C)[C@@H](N)C(=O)NCC1CCCCC1CO. The first-order valence-corrected chi connectivity index (χ1v) is 7.00. The molecule has 4 nitrogen and oxygen atoms in total. The summed E-state index contributed by atoms with van der Waals surface area (Å²) in [5.41, 5.74) is 5.70. The van der Waals surface area contributed by atoms with E-state index in [4.69, 9.17) is 5.73 Å². The monoisotopic (exact) mass is 256 g/mol. The number of nitrogens with one attached hydrogen (secondary N) is 1. The molecule has 4 N–H and O–H groups in total. The summed E-state index contributed by atoms with van der Waals surface area (Å²) in [6, 6.07) is -0.478. The topological polar surface area (TPSA) is 75.4 Å². The lowest BCUT2D eigenvalue weighted by Gasteiger charge is -2.32. The molecule has 0 spiro atoms. The van der Waals surface area contributed by atoms with Gasteiger partial charge in [-0.3, -0.25) is 4.79 Å². The molecule has 18 heavy (non-hydrogen) atoms. The fraction of sp³-hybridized carbons (Fsp3) is 0.929. The zero-order valence-electron chi connectivity index (χ0n) is 11.9. The molecular weight excluding hydrogens is 228 g/mol. The number of rotatable bonds is 4. The maximum atomic E-state index is 11.9. The molecule has 0 aromatic heterocycles. The molecule has 0 heterocycles. The average Bonchev–Trinajstić information content (AvgIpc) is 2.34. The lowest BCUT2D eigenvalue weighted by atomic mass is 9.79. The van der Waals surface area contributed by atoms with Crippen LogP contribution in [0.1, 0.15) is 46.5 Å². The average molecular weight is 256 g/mol. The quantitative estimate of drug-likeness (QED) is 0.709. The Kier molecular flexibility index (Phi) is 5.60. The minimum absolute atomic E-state index is 0.0789. The van der Waals surface area contributed by atoms with Gasteiger partial charge in [0.05, 0.1) is 6.04 Å². The molecule has 0 aromatic rings. The van der Waals surface area contributed by atoms with Crippen molar-refractivity contribution in [3.63, 3.8) is 0 Å². The molecule has 0 aliphatic heterocycles. The maximum absolute atomic E-state index is 11.9. The maximum Gasteiger partial charge on any atom is 0.237 e. The zero-order valence-corrected chi connectivity index (χ0v) is 11.9. The Balaban J connectivity index is 2.42. The number of hydrogen-bond acceptors (Lipinski definition) is 3. The van der Waals surface area contributed by atoms with Crippen LogP contribution >= 0.6 is 0 Å². The first-order valence-electron chi connectivity index (χ1n) is 7.00. The van der Waals surface area contributed by atoms with Crippen molar-refractivity contribution in [2.45, 2.75) is 52.5 Å². The van der Waals surface area contributed by atoms with Gasteiger partial charge in [0, 0.05) is 13.2 Å². The standard InChI is InChI=1S/C14H28N2O2/c1-14(2,3)12(15)13(18)16-8-10-6-4-5-7-11(10)9-17/h10-12,17H,4-9,15H2,1-3H3,(H,16,18)/t10?,11?,12-/m0/s1. The Morgan fingerprint density at radius 3 is 2.39 bits per heavy atom. The number of aliphatic hydroxyl groups is 1. The van der Waals surface area contributed by atoms with Gasteiger partial charge in [0.1, 0.15) is 0 Å². The number of carbonyl (C=O) groups excluding carboxylic acids is 1. The summed E-state index contributed by atoms with van der Waals surface area (Å²) in [5.74, 6) is 0.662. The van der Waals surface area contributed by atoms with E-state index in [1.54, 1.807) is 0 Å². The predicted molar refractivity (Wildman–Crippen MR) is 73.0 cm³/mol. The van der Waals surface area contributed by atoms with Crippen molar-refractivity contribution in [2.24, 2.45) is 23.0 Å². The molecular formula is C14H28N2O2. The molecule has 2 unspecified atom stereocenters. The molecule has 1 fully saturated rings. The molecule has 1 rings (SSSR count). The molecule has 0 aromatic carbocycles. The second kappa shape index (κ2) is 6.53. The Morgan fingerprint density at radius 2 is 1.89 bits per heavy atom. The smallest absolute Gasteiger partial charge is 0.237 e. The lowest BCUT2D eigenvalue weighted by Crippen LogP contribution is -2.50. The van der Waals surface area contributed by atoms with Crippen molar-refractivity contribution in [2.75, 3.05) is 13.2 Å². The van der Waals surface area contributed by atoms with Crippen molar-refractivity contribution in [1.82, 2.24) is 5.32 Å². The van der Waals surface area contributed by atoms with E-state index < -0.39 is 6.04 Å². The molecule has 1 aliphatic carbocycles. The van der Waals surface area contributed by atoms with Crippen molar-refractivity contribution in [1.29, 1.82) is 0 Å². The Hall–Kier alpha value is -0.610. The van der Waals surface area contributed by atoms with E-state index in [0.717, 1.165) is 12.8 Å². The summed E-state index contributed by atoms with van der Waals surface area (Å²) >= 11 is 0. The third-order valence-corrected chi connectivity index (χ3v) is 4.05. The summed E-state index contributed by atoms with van der Waals surface area (Å²) in [4.78, 5) is 11.9. The Labute approximate surface area is 110 Å². The van der Waals surface area contributed by atoms with Crippen LogP contribution in [0.15, 0.2) is 0 Å². The highest BCUT2D eigenvalue weighted by atomic mass is 16.3. The fourth-order valence-corrected chi connectivity index (χ4v) is 2.53. The molecule has 106 valence electrons. The van der Waals surface area contributed by atoms with Gasteiger partial charge < -0.3 is 16.2 Å². The predicted octanol–water partition coefficient (Wildman–Crippen LogP) is 1.27. The summed E-state index contributed by atoms with van der Waals surface area (Å²) in [6.45, 7) is 6.77. The van der Waals surface area contributed by atoms with Gasteiger partial charge in [-0.25, -0.2) is 0 Å². The van der Waals surface area contributed by atoms with Crippen molar-refractivity contribution in [3.05, 3.63) is 0 Å². The molecule has 0 bridgehead atoms. The van der Waals surface area contributed by atoms with E-state index in [9.17, 15) is 9.90 Å². The largest absolute Gasteiger partial charge is 0.396 e. The molecule has 4 heteroatoms. The van der Waals surface area contributed by atoms with Crippen LogP contribution in [-0.4, -0.2) is 30.2 Å². The van der Waals surface area contributed by atoms with Crippen LogP contribution in [0.3, 0.4) is 0 Å². The van der Waals surface area contributed by atoms with E-state index >= 15 is 0 Å². The van der Waals surface area contributed by atoms with E-state index in [1.807, 2.05) is 20.8 Å². The van der Waals surface area contributed by atoms with E-state index in [2.05, 4.69) is 5.32 Å². The van der Waals surface area contributed by atoms with Crippen LogP contribution in [0.4, 0.5) is 0 Å². The first kappa shape index (κ1) is 15.4. The molecule has 3 atom stereocenters. The Morgan fingerprint density at radius 1 is 1.33 bits per heavy atom. The van der Waals surface area contributed by atoms with Gasteiger partial charge in [-0.1, -0.05) is 33.6 Å². The minimum Gasteiger partial charge on any atom is -0.396 e. The van der Waals surface area contributed by atoms with Gasteiger partial charge in [-0.05, 0) is 30.1 Å². The van der Waals surface area contributed by atoms with Crippen LogP contribution in [0.25, 0.3) is 0 Å². The summed E-state index contributed by atoms with van der Waals surface area (Å²) in [6.07, 6.45) is 4.55. The summed E-state index contributed by atoms with van der Waals surface area (Å²) in [7, 11) is 0. The van der Waals surface area contributed by atoms with Gasteiger partial charge in [0.15, 0.2) is 0 Å². The number of carbonyl (C=O) groups is 1. The van der Waals surface area contributed by atoms with Crippen molar-refractivity contribution >= 4 is 5.91 Å². The number of aliphatic hydroxyl groups excluding tert-OH is 1. The molecule has 1 saturated carbocycles. The van der Waals surface area contributed by atoms with Gasteiger partial charge in [0.2, 0.25) is 5.91 Å². The summed E-state index contributed by atoms with van der Waals surface area (Å²) in [5, 5.41) is 12.3. The van der Waals surface area contributed by atoms with E-state index in [0.29, 0.717) is 18.4 Å². The van der Waals surface area contributed by atoms with Gasteiger partial charge >= 0.3 is 0 Å². The zero-order chi connectivity index (χ0) is 13.8. The molecule has 1 aliphatic rings. The number of nitrogens with two attached hydrogens (primary N) is 1. The fourth-order valence-electron chi connectivity index (χ4n) is 2.53. The molecule has 1 amide bonds. The van der Waals surface area contributed by atoms with Crippen LogP contribution in [0, 0.1) is 17.3 Å². The van der Waals surface area contributed by atoms with E-state index in [-0.39, 0.29) is 17.9 Å². The molecule has 0 radical (unpaired) electrons. The normalized spacial score (nSPS) is 26.7. The third kappa shape index (κ3) is 4.25. The van der Waals surface area contributed by atoms with Crippen LogP contribution in [0.5, 0.6) is 0 Å². The van der Waals surface area contributed by atoms with Crippen molar-refractivity contribution < 1.29 is 9.90 Å². The van der Waals surface area contributed by atoms with Gasteiger partial charge in [-0.2, -0.15) is 0 Å². The van der Waals surface area contributed by atoms with Crippen molar-refractivity contribution in [3.8, 4) is 0 Å². The Bertz CT molecular complexity index is 273. The van der Waals surface area contributed by atoms with E-state index in [1.165, 1.54) is 12.8 Å². The minimum atomic E-state index is -0.478. The molecule has 0 saturated heterocycles. The lowest BCUT2D eigenvalue weighted by molar-refractivity contribution is -0.124. The van der Waals surface area contributed by atoms with Crippen LogP contribution in [0.2, 0.25) is 0 Å². The van der Waals surface area contributed by atoms with Crippen LogP contribution in [-0.2, 0) is 4.79 Å². The highest BCUT2D eigenvalue weighted by Gasteiger charge is 2.29. The van der Waals surface area contributed by atoms with Crippen LogP contribution < -0.4 is 11.1 Å². The third-order valence-electron chi connectivity index (χ3n) is 4.05. The first-order chi connectivity index (χ1) is 8.36. The highest BCUT2D eigenvalue weighted by molar-refractivity contribution is 5.82. The highest BCUT2D eigenvalue weighted by Crippen LogP contribution is 2.29. The second-order valence-corrected chi connectivity index (χ2v) is 6.58. The van der Waals surface area contributed by atoms with Gasteiger partial charge in [-0.15, -0.1) is 0 Å². The summed E-state index contributed by atoms with van der Waals surface area (Å²) < 4.78 is 0. The van der Waals surface area contributed by atoms with Gasteiger partial charge in [0.25, 0.3) is 0 Å². The number of hydrogen-bond donors (Lipinski definition) is 3.